The van der Waals surface area contributed by atoms with E-state index in [1.54, 1.807) is 12.4 Å². The van der Waals surface area contributed by atoms with Gasteiger partial charge < -0.3 is 0 Å². The molecule has 6 heteroatoms. The highest BCUT2D eigenvalue weighted by molar-refractivity contribution is 7.22. The number of amides is 1. The van der Waals surface area contributed by atoms with E-state index in [0.717, 1.165) is 10.2 Å². The zero-order valence-corrected chi connectivity index (χ0v) is 10.4. The van der Waals surface area contributed by atoms with Crippen LogP contribution in [-0.2, 0) is 0 Å². The molecule has 1 aromatic carbocycles. The normalized spacial score (nSPS) is 10.6. The maximum Gasteiger partial charge on any atom is 0.257 e. The van der Waals surface area contributed by atoms with Gasteiger partial charge in [0.1, 0.15) is 11.3 Å². The monoisotopic (exact) mass is 273 g/mol. The van der Waals surface area contributed by atoms with E-state index in [1.807, 2.05) is 6.07 Å². The number of rotatable bonds is 2. The summed E-state index contributed by atoms with van der Waals surface area (Å²) < 4.78 is 13.7. The van der Waals surface area contributed by atoms with Gasteiger partial charge in [0.05, 0.1) is 10.9 Å². The zero-order chi connectivity index (χ0) is 13.2. The van der Waals surface area contributed by atoms with Crippen LogP contribution in [0.2, 0.25) is 0 Å². The number of hydrogen-bond acceptors (Lipinski definition) is 4. The minimum absolute atomic E-state index is 0.313. The average Bonchev–Trinajstić information content (AvgIpc) is 2.81. The number of halogens is 1. The molecule has 0 spiro atoms. The van der Waals surface area contributed by atoms with E-state index >= 15 is 0 Å². The quantitative estimate of drug-likeness (QED) is 0.780. The van der Waals surface area contributed by atoms with E-state index in [9.17, 15) is 9.18 Å². The summed E-state index contributed by atoms with van der Waals surface area (Å²) in [6, 6.07) is 7.19. The van der Waals surface area contributed by atoms with Crippen LogP contribution in [0.1, 0.15) is 10.4 Å². The molecule has 3 aromatic rings. The lowest BCUT2D eigenvalue weighted by molar-refractivity contribution is 0.102. The summed E-state index contributed by atoms with van der Waals surface area (Å²) in [7, 11) is 0. The number of nitrogens with zero attached hydrogens (tertiary/aromatic N) is 2. The number of thiazole rings is 1. The van der Waals surface area contributed by atoms with Crippen LogP contribution >= 0.6 is 11.3 Å². The Labute approximate surface area is 111 Å². The predicted octanol–water partition coefficient (Wildman–Crippen LogP) is 3.08. The second-order valence-electron chi connectivity index (χ2n) is 3.82. The Bertz CT molecular complexity index is 706. The van der Waals surface area contributed by atoms with Crippen molar-refractivity contribution in [2.24, 2.45) is 0 Å². The van der Waals surface area contributed by atoms with Crippen molar-refractivity contribution < 1.29 is 9.18 Å². The van der Waals surface area contributed by atoms with Crippen molar-refractivity contribution in [2.45, 2.75) is 0 Å². The molecule has 0 bridgehead atoms. The van der Waals surface area contributed by atoms with Crippen LogP contribution in [0.25, 0.3) is 10.2 Å². The van der Waals surface area contributed by atoms with E-state index in [2.05, 4.69) is 15.3 Å². The van der Waals surface area contributed by atoms with Crippen LogP contribution in [0.4, 0.5) is 9.52 Å². The van der Waals surface area contributed by atoms with Crippen molar-refractivity contribution in [1.29, 1.82) is 0 Å². The van der Waals surface area contributed by atoms with E-state index < -0.39 is 0 Å². The molecule has 0 atom stereocenters. The van der Waals surface area contributed by atoms with Crippen LogP contribution in [0.3, 0.4) is 0 Å². The van der Waals surface area contributed by atoms with Gasteiger partial charge in [0.15, 0.2) is 5.13 Å². The maximum atomic E-state index is 12.8. The number of carbonyl (C=O) groups is 1. The molecule has 94 valence electrons. The molecule has 4 nitrogen and oxygen atoms in total. The number of carbonyl (C=O) groups excluding carboxylic acids is 1. The first-order valence-electron chi connectivity index (χ1n) is 5.50. The Morgan fingerprint density at radius 2 is 2.00 bits per heavy atom. The summed E-state index contributed by atoms with van der Waals surface area (Å²) in [5, 5.41) is 3.18. The first-order valence-corrected chi connectivity index (χ1v) is 6.31. The van der Waals surface area contributed by atoms with Gasteiger partial charge >= 0.3 is 0 Å². The average molecular weight is 273 g/mol. The van der Waals surface area contributed by atoms with Gasteiger partial charge in [0.25, 0.3) is 5.91 Å². The number of hydrogen-bond donors (Lipinski definition) is 1. The van der Waals surface area contributed by atoms with Crippen LogP contribution in [0.5, 0.6) is 0 Å². The molecule has 0 unspecified atom stereocenters. The Morgan fingerprint density at radius 1 is 1.21 bits per heavy atom. The summed E-state index contributed by atoms with van der Waals surface area (Å²) in [5.74, 6) is -0.686. The first-order chi connectivity index (χ1) is 9.22. The Morgan fingerprint density at radius 3 is 2.74 bits per heavy atom. The summed E-state index contributed by atoms with van der Waals surface area (Å²) in [4.78, 5) is 20.1. The first kappa shape index (κ1) is 11.7. The molecular weight excluding hydrogens is 265 g/mol. The standard InChI is InChI=1S/C13H8FN3OS/c14-9-3-1-8(2-4-9)12(18)17-13-16-10-7-15-6-5-11(10)19-13/h1-7H,(H,16,17,18). The minimum atomic E-state index is -0.373. The predicted molar refractivity (Wildman–Crippen MR) is 71.8 cm³/mol. The zero-order valence-electron chi connectivity index (χ0n) is 9.63. The maximum absolute atomic E-state index is 12.8. The van der Waals surface area contributed by atoms with E-state index in [4.69, 9.17) is 0 Å². The van der Waals surface area contributed by atoms with E-state index in [0.29, 0.717) is 10.7 Å². The van der Waals surface area contributed by atoms with Gasteiger partial charge in [-0.25, -0.2) is 9.37 Å². The van der Waals surface area contributed by atoms with Gasteiger partial charge in [-0.05, 0) is 30.3 Å². The number of anilines is 1. The lowest BCUT2D eigenvalue weighted by Gasteiger charge is -2.00. The summed E-state index contributed by atoms with van der Waals surface area (Å²) in [6.07, 6.45) is 3.31. The van der Waals surface area contributed by atoms with Crippen molar-refractivity contribution in [3.63, 3.8) is 0 Å². The van der Waals surface area contributed by atoms with Gasteiger partial charge in [0.2, 0.25) is 0 Å². The summed E-state index contributed by atoms with van der Waals surface area (Å²) in [5.41, 5.74) is 1.13. The fourth-order valence-electron chi connectivity index (χ4n) is 1.60. The molecule has 0 saturated carbocycles. The molecule has 1 N–H and O–H groups in total. The molecule has 0 fully saturated rings. The molecule has 0 saturated heterocycles. The smallest absolute Gasteiger partial charge is 0.257 e. The third kappa shape index (κ3) is 2.43. The Hall–Kier alpha value is -2.34. The topological polar surface area (TPSA) is 54.9 Å². The molecule has 2 aromatic heterocycles. The highest BCUT2D eigenvalue weighted by Gasteiger charge is 2.09. The van der Waals surface area contributed by atoms with Crippen LogP contribution in [0, 0.1) is 5.82 Å². The fraction of sp³-hybridized carbons (Fsp3) is 0. The van der Waals surface area contributed by atoms with E-state index in [1.165, 1.54) is 35.6 Å². The SMILES string of the molecule is O=C(Nc1nc2cnccc2s1)c1ccc(F)cc1. The van der Waals surface area contributed by atoms with Gasteiger partial charge in [-0.1, -0.05) is 11.3 Å². The molecule has 3 rings (SSSR count). The molecule has 0 aliphatic rings. The van der Waals surface area contributed by atoms with Crippen LogP contribution in [0.15, 0.2) is 42.7 Å². The largest absolute Gasteiger partial charge is 0.298 e. The number of fused-ring (bicyclic) bond motifs is 1. The summed E-state index contributed by atoms with van der Waals surface area (Å²) >= 11 is 1.37. The second kappa shape index (κ2) is 4.74. The van der Waals surface area contributed by atoms with Gasteiger partial charge in [-0.15, -0.1) is 0 Å². The molecule has 2 heterocycles. The molecule has 0 aliphatic heterocycles. The lowest BCUT2D eigenvalue weighted by atomic mass is 10.2. The van der Waals surface area contributed by atoms with Crippen molar-refractivity contribution in [2.75, 3.05) is 5.32 Å². The Kier molecular flexibility index (Phi) is 2.92. The third-order valence-corrected chi connectivity index (χ3v) is 3.47. The van der Waals surface area contributed by atoms with E-state index in [-0.39, 0.29) is 11.7 Å². The number of pyridine rings is 1. The molecule has 1 amide bonds. The second-order valence-corrected chi connectivity index (χ2v) is 4.85. The molecule has 19 heavy (non-hydrogen) atoms. The molecule has 0 aliphatic carbocycles. The van der Waals surface area contributed by atoms with Crippen molar-refractivity contribution in [3.8, 4) is 0 Å². The van der Waals surface area contributed by atoms with Crippen molar-refractivity contribution >= 4 is 32.6 Å². The van der Waals surface area contributed by atoms with Gasteiger partial charge in [0, 0.05) is 11.8 Å². The van der Waals surface area contributed by atoms with Crippen molar-refractivity contribution in [1.82, 2.24) is 9.97 Å². The van der Waals surface area contributed by atoms with Gasteiger partial charge in [-0.3, -0.25) is 15.1 Å². The number of benzene rings is 1. The molecular formula is C13H8FN3OS. The third-order valence-electron chi connectivity index (χ3n) is 2.52. The fourth-order valence-corrected chi connectivity index (χ4v) is 2.43. The highest BCUT2D eigenvalue weighted by atomic mass is 32.1. The molecule has 0 radical (unpaired) electrons. The van der Waals surface area contributed by atoms with Crippen LogP contribution < -0.4 is 5.32 Å². The number of nitrogens with one attached hydrogen (secondary N) is 1. The van der Waals surface area contributed by atoms with Crippen molar-refractivity contribution in [3.05, 3.63) is 54.1 Å². The Balaban J connectivity index is 1.84. The lowest BCUT2D eigenvalue weighted by Crippen LogP contribution is -2.11. The summed E-state index contributed by atoms with van der Waals surface area (Å²) in [6.45, 7) is 0. The highest BCUT2D eigenvalue weighted by Crippen LogP contribution is 2.25. The number of aromatic nitrogens is 2. The minimum Gasteiger partial charge on any atom is -0.298 e. The van der Waals surface area contributed by atoms with Gasteiger partial charge in [-0.2, -0.15) is 0 Å². The van der Waals surface area contributed by atoms with Crippen LogP contribution in [-0.4, -0.2) is 15.9 Å².